The lowest BCUT2D eigenvalue weighted by Crippen LogP contribution is -2.33. The number of H-pyrrole nitrogens is 1. The monoisotopic (exact) mass is 203 g/mol. The molecule has 1 N–H and O–H groups in total. The van der Waals surface area contributed by atoms with Gasteiger partial charge in [0.05, 0.1) is 5.35 Å². The lowest BCUT2D eigenvalue weighted by atomic mass is 9.68. The van der Waals surface area contributed by atoms with Crippen molar-refractivity contribution in [3.8, 4) is 0 Å². The predicted octanol–water partition coefficient (Wildman–Crippen LogP) is 0.988. The average Bonchev–Trinajstić information content (AvgIpc) is 2.45. The van der Waals surface area contributed by atoms with E-state index in [4.69, 9.17) is 0 Å². The molecule has 1 aliphatic carbocycles. The van der Waals surface area contributed by atoms with Crippen molar-refractivity contribution in [3.05, 3.63) is 22.9 Å². The van der Waals surface area contributed by atoms with Crippen LogP contribution in [-0.4, -0.2) is 15.4 Å². The Morgan fingerprint density at radius 1 is 1.33 bits per heavy atom. The Morgan fingerprint density at radius 2 is 2.07 bits per heavy atom. The number of aromatic nitrogens is 3. The van der Waals surface area contributed by atoms with Crippen LogP contribution in [0.15, 0.2) is 12.2 Å². The Hall–Kier alpha value is -1.38. The summed E-state index contributed by atoms with van der Waals surface area (Å²) in [6, 6.07) is 0. The van der Waals surface area contributed by atoms with Crippen LogP contribution >= 0.6 is 0 Å². The van der Waals surface area contributed by atoms with Gasteiger partial charge in [-0.05, 0) is 17.6 Å². The van der Waals surface area contributed by atoms with Crippen molar-refractivity contribution in [2.45, 2.75) is 27.7 Å². The van der Waals surface area contributed by atoms with E-state index in [0.717, 1.165) is 10.7 Å². The summed E-state index contributed by atoms with van der Waals surface area (Å²) in [7, 11) is 0. The number of fused-ring (bicyclic) bond motifs is 1. The van der Waals surface area contributed by atoms with E-state index in [1.807, 2.05) is 6.08 Å². The third-order valence-corrected chi connectivity index (χ3v) is 3.36. The van der Waals surface area contributed by atoms with Gasteiger partial charge in [0, 0.05) is 5.41 Å². The standard InChI is InChI=1S/C12H17N3/c1-11(2,3)12(4)7-5-6-9-10(8-12)14-15-13-9/h5-8H,1-4H3,(H,13,14). The number of nitrogens with zero attached hydrogens (tertiary/aromatic N) is 2. The van der Waals surface area contributed by atoms with Crippen LogP contribution in [0.2, 0.25) is 0 Å². The van der Waals surface area contributed by atoms with Crippen LogP contribution in [-0.2, 0) is 0 Å². The summed E-state index contributed by atoms with van der Waals surface area (Å²) in [5, 5.41) is 12.7. The highest BCUT2D eigenvalue weighted by molar-refractivity contribution is 5.46. The summed E-state index contributed by atoms with van der Waals surface area (Å²) in [5.74, 6) is 0. The van der Waals surface area contributed by atoms with Gasteiger partial charge in [0.1, 0.15) is 5.35 Å². The van der Waals surface area contributed by atoms with E-state index in [1.165, 1.54) is 0 Å². The summed E-state index contributed by atoms with van der Waals surface area (Å²) < 4.78 is 0. The van der Waals surface area contributed by atoms with Crippen LogP contribution in [0, 0.1) is 10.8 Å². The van der Waals surface area contributed by atoms with Crippen LogP contribution in [0.5, 0.6) is 0 Å². The first-order valence-electron chi connectivity index (χ1n) is 5.22. The minimum absolute atomic E-state index is 0.00558. The van der Waals surface area contributed by atoms with E-state index in [-0.39, 0.29) is 10.8 Å². The molecule has 1 aromatic heterocycles. The summed E-state index contributed by atoms with van der Waals surface area (Å²) >= 11 is 0. The molecule has 3 nitrogen and oxygen atoms in total. The molecule has 3 heteroatoms. The molecule has 2 rings (SSSR count). The normalized spacial score (nSPS) is 25.1. The molecule has 0 amide bonds. The molecule has 0 spiro atoms. The molecule has 1 aromatic rings. The predicted molar refractivity (Wildman–Crippen MR) is 61.3 cm³/mol. The van der Waals surface area contributed by atoms with Gasteiger partial charge in [-0.1, -0.05) is 45.1 Å². The lowest BCUT2D eigenvalue weighted by molar-refractivity contribution is 0.246. The molecule has 0 aromatic carbocycles. The van der Waals surface area contributed by atoms with E-state index in [0.29, 0.717) is 0 Å². The van der Waals surface area contributed by atoms with Crippen molar-refractivity contribution in [1.29, 1.82) is 0 Å². The first kappa shape index (κ1) is 10.1. The van der Waals surface area contributed by atoms with Gasteiger partial charge in [0.25, 0.3) is 0 Å². The molecule has 1 unspecified atom stereocenters. The van der Waals surface area contributed by atoms with Crippen molar-refractivity contribution in [2.75, 3.05) is 0 Å². The molecule has 0 aliphatic heterocycles. The van der Waals surface area contributed by atoms with E-state index >= 15 is 0 Å². The van der Waals surface area contributed by atoms with Gasteiger partial charge in [-0.3, -0.25) is 5.10 Å². The van der Waals surface area contributed by atoms with Crippen LogP contribution in [0.4, 0.5) is 0 Å². The SMILES string of the molecule is CC(C)(C)C1(C)C=CC=c2[nH]nnc2=C1. The fraction of sp³-hybridized carbons (Fsp3) is 0.500. The molecular weight excluding hydrogens is 186 g/mol. The Morgan fingerprint density at radius 3 is 2.73 bits per heavy atom. The van der Waals surface area contributed by atoms with Gasteiger partial charge in [-0.2, -0.15) is 0 Å². The Labute approximate surface area is 89.6 Å². The highest BCUT2D eigenvalue weighted by atomic mass is 15.3. The zero-order valence-electron chi connectivity index (χ0n) is 9.70. The summed E-state index contributed by atoms with van der Waals surface area (Å²) in [5.41, 5.74) is 0.170. The molecule has 1 heterocycles. The van der Waals surface area contributed by atoms with Gasteiger partial charge in [0.15, 0.2) is 0 Å². The second-order valence-electron chi connectivity index (χ2n) is 5.31. The number of nitrogens with one attached hydrogen (secondary N) is 1. The number of rotatable bonds is 0. The summed E-state index contributed by atoms with van der Waals surface area (Å²) in [6.07, 6.45) is 8.50. The van der Waals surface area contributed by atoms with E-state index in [1.54, 1.807) is 0 Å². The van der Waals surface area contributed by atoms with E-state index in [2.05, 4.69) is 61.3 Å². The zero-order chi connectivity index (χ0) is 11.1. The van der Waals surface area contributed by atoms with Gasteiger partial charge in [-0.25, -0.2) is 0 Å². The van der Waals surface area contributed by atoms with Crippen LogP contribution in [0.3, 0.4) is 0 Å². The molecular formula is C12H17N3. The van der Waals surface area contributed by atoms with Crippen molar-refractivity contribution in [2.24, 2.45) is 10.8 Å². The molecule has 15 heavy (non-hydrogen) atoms. The average molecular weight is 203 g/mol. The van der Waals surface area contributed by atoms with Crippen molar-refractivity contribution < 1.29 is 0 Å². The van der Waals surface area contributed by atoms with Crippen molar-refractivity contribution in [1.82, 2.24) is 15.4 Å². The molecule has 0 saturated heterocycles. The lowest BCUT2D eigenvalue weighted by Gasteiger charge is -2.36. The fourth-order valence-electron chi connectivity index (χ4n) is 1.62. The maximum atomic E-state index is 4.09. The minimum Gasteiger partial charge on any atom is -0.258 e. The molecule has 0 saturated carbocycles. The van der Waals surface area contributed by atoms with E-state index < -0.39 is 0 Å². The van der Waals surface area contributed by atoms with Crippen molar-refractivity contribution >= 4 is 12.2 Å². The first-order valence-corrected chi connectivity index (χ1v) is 5.22. The Balaban J connectivity index is 2.66. The largest absolute Gasteiger partial charge is 0.258 e. The second-order valence-corrected chi connectivity index (χ2v) is 5.31. The van der Waals surface area contributed by atoms with Crippen LogP contribution < -0.4 is 10.7 Å². The Bertz CT molecular complexity index is 502. The fourth-order valence-corrected chi connectivity index (χ4v) is 1.62. The maximum absolute atomic E-state index is 4.09. The van der Waals surface area contributed by atoms with E-state index in [9.17, 15) is 0 Å². The Kier molecular flexibility index (Phi) is 2.07. The van der Waals surface area contributed by atoms with Gasteiger partial charge in [-0.15, -0.1) is 5.10 Å². The number of hydrogen-bond donors (Lipinski definition) is 1. The second kappa shape index (κ2) is 3.05. The molecule has 80 valence electrons. The van der Waals surface area contributed by atoms with Gasteiger partial charge >= 0.3 is 0 Å². The minimum atomic E-state index is 0.00558. The van der Waals surface area contributed by atoms with Gasteiger partial charge < -0.3 is 0 Å². The topological polar surface area (TPSA) is 41.6 Å². The quantitative estimate of drug-likeness (QED) is 0.683. The summed E-state index contributed by atoms with van der Waals surface area (Å²) in [4.78, 5) is 0. The molecule has 0 bridgehead atoms. The van der Waals surface area contributed by atoms with Gasteiger partial charge in [0.2, 0.25) is 0 Å². The molecule has 1 aliphatic rings. The zero-order valence-corrected chi connectivity index (χ0v) is 9.70. The molecule has 0 fully saturated rings. The first-order chi connectivity index (χ1) is 6.92. The van der Waals surface area contributed by atoms with Crippen LogP contribution in [0.1, 0.15) is 27.7 Å². The number of hydrogen-bond acceptors (Lipinski definition) is 2. The smallest absolute Gasteiger partial charge is 0.109 e. The van der Waals surface area contributed by atoms with Crippen LogP contribution in [0.25, 0.3) is 12.2 Å². The highest BCUT2D eigenvalue weighted by Crippen LogP contribution is 2.41. The number of allylic oxidation sites excluding steroid dienone is 2. The third-order valence-electron chi connectivity index (χ3n) is 3.36. The van der Waals surface area contributed by atoms with Crippen molar-refractivity contribution in [3.63, 3.8) is 0 Å². The molecule has 0 radical (unpaired) electrons. The third kappa shape index (κ3) is 1.62. The maximum Gasteiger partial charge on any atom is 0.109 e. The molecule has 1 atom stereocenters. The summed E-state index contributed by atoms with van der Waals surface area (Å²) in [6.45, 7) is 8.93. The highest BCUT2D eigenvalue weighted by Gasteiger charge is 2.33. The number of aromatic amines is 1.